The maximum Gasteiger partial charge on any atom is 0.231 e. The maximum atomic E-state index is 13.4. The molecular formula is C19H26FN3O4. The molecule has 7 nitrogen and oxygen atoms in total. The van der Waals surface area contributed by atoms with Crippen molar-refractivity contribution in [3.05, 3.63) is 30.1 Å². The first-order valence-corrected chi connectivity index (χ1v) is 9.32. The molecule has 148 valence electrons. The standard InChI is InChI=1S/C19H26FN3O4/c20-14-2-1-3-15(10-14)27-17-6-9-26-12-16(17)22-19(25)13-4-7-23(8-5-13)11-18(21)24/h1-3,10,13,16-17H,4-9,11-12H2,(H2,21,24)(H,22,25)/t16-,17+/m1/s1. The lowest BCUT2D eigenvalue weighted by atomic mass is 9.95. The number of carbonyl (C=O) groups excluding carboxylic acids is 2. The predicted molar refractivity (Wildman–Crippen MR) is 96.5 cm³/mol. The molecule has 27 heavy (non-hydrogen) atoms. The molecule has 0 unspecified atom stereocenters. The van der Waals surface area contributed by atoms with Gasteiger partial charge in [0.2, 0.25) is 11.8 Å². The summed E-state index contributed by atoms with van der Waals surface area (Å²) < 4.78 is 24.8. The zero-order valence-electron chi connectivity index (χ0n) is 15.2. The summed E-state index contributed by atoms with van der Waals surface area (Å²) in [6.07, 6.45) is 1.72. The van der Waals surface area contributed by atoms with Gasteiger partial charge < -0.3 is 20.5 Å². The first-order chi connectivity index (χ1) is 13.0. The number of likely N-dealkylation sites (tertiary alicyclic amines) is 1. The molecule has 1 aromatic carbocycles. The topological polar surface area (TPSA) is 93.9 Å². The number of ether oxygens (including phenoxy) is 2. The highest BCUT2D eigenvalue weighted by molar-refractivity contribution is 5.79. The SMILES string of the molecule is NC(=O)CN1CCC(C(=O)N[C@@H]2COCC[C@@H]2Oc2cccc(F)c2)CC1. The molecule has 2 amide bonds. The van der Waals surface area contributed by atoms with Gasteiger partial charge in [-0.3, -0.25) is 14.5 Å². The van der Waals surface area contributed by atoms with Crippen molar-refractivity contribution in [1.29, 1.82) is 0 Å². The Kier molecular flexibility index (Phi) is 6.63. The fourth-order valence-electron chi connectivity index (χ4n) is 3.58. The second kappa shape index (κ2) is 9.14. The molecule has 2 atom stereocenters. The van der Waals surface area contributed by atoms with Crippen LogP contribution in [0.15, 0.2) is 24.3 Å². The van der Waals surface area contributed by atoms with Crippen LogP contribution in [0.1, 0.15) is 19.3 Å². The summed E-state index contributed by atoms with van der Waals surface area (Å²) in [5, 5.41) is 3.04. The van der Waals surface area contributed by atoms with Gasteiger partial charge in [0.15, 0.2) is 0 Å². The number of nitrogens with two attached hydrogens (primary N) is 1. The van der Waals surface area contributed by atoms with Crippen LogP contribution >= 0.6 is 0 Å². The monoisotopic (exact) mass is 379 g/mol. The van der Waals surface area contributed by atoms with E-state index < -0.39 is 0 Å². The van der Waals surface area contributed by atoms with E-state index >= 15 is 0 Å². The van der Waals surface area contributed by atoms with Gasteiger partial charge in [0.1, 0.15) is 17.7 Å². The lowest BCUT2D eigenvalue weighted by Crippen LogP contribution is -2.54. The molecular weight excluding hydrogens is 353 g/mol. The molecule has 0 aromatic heterocycles. The second-order valence-electron chi connectivity index (χ2n) is 7.11. The fraction of sp³-hybridized carbons (Fsp3) is 0.579. The molecule has 3 rings (SSSR count). The minimum Gasteiger partial charge on any atom is -0.488 e. The Hall–Kier alpha value is -2.19. The number of rotatable bonds is 6. The van der Waals surface area contributed by atoms with Crippen molar-refractivity contribution < 1.29 is 23.5 Å². The molecule has 2 heterocycles. The summed E-state index contributed by atoms with van der Waals surface area (Å²) >= 11 is 0. The summed E-state index contributed by atoms with van der Waals surface area (Å²) in [6, 6.07) is 5.71. The number of nitrogens with zero attached hydrogens (tertiary/aromatic N) is 1. The molecule has 2 saturated heterocycles. The van der Waals surface area contributed by atoms with Crippen LogP contribution in [0.2, 0.25) is 0 Å². The number of halogens is 1. The van der Waals surface area contributed by atoms with Gasteiger partial charge in [-0.2, -0.15) is 0 Å². The average molecular weight is 379 g/mol. The molecule has 3 N–H and O–H groups in total. The van der Waals surface area contributed by atoms with Gasteiger partial charge in [0.25, 0.3) is 0 Å². The highest BCUT2D eigenvalue weighted by atomic mass is 19.1. The Labute approximate surface area is 158 Å². The van der Waals surface area contributed by atoms with E-state index in [0.29, 0.717) is 51.3 Å². The van der Waals surface area contributed by atoms with E-state index in [1.165, 1.54) is 12.1 Å². The van der Waals surface area contributed by atoms with Gasteiger partial charge in [-0.05, 0) is 38.1 Å². The second-order valence-corrected chi connectivity index (χ2v) is 7.11. The first-order valence-electron chi connectivity index (χ1n) is 9.32. The Morgan fingerprint density at radius 3 is 2.78 bits per heavy atom. The van der Waals surface area contributed by atoms with Crippen molar-refractivity contribution in [2.45, 2.75) is 31.4 Å². The summed E-state index contributed by atoms with van der Waals surface area (Å²) in [6.45, 7) is 2.48. The van der Waals surface area contributed by atoms with Crippen LogP contribution in [0.5, 0.6) is 5.75 Å². The van der Waals surface area contributed by atoms with E-state index in [1.807, 2.05) is 4.90 Å². The quantitative estimate of drug-likeness (QED) is 0.758. The van der Waals surface area contributed by atoms with Gasteiger partial charge in [0, 0.05) is 18.4 Å². The van der Waals surface area contributed by atoms with Crippen LogP contribution in [0.3, 0.4) is 0 Å². The van der Waals surface area contributed by atoms with Crippen molar-refractivity contribution in [2.75, 3.05) is 32.8 Å². The number of hydrogen-bond donors (Lipinski definition) is 2. The van der Waals surface area contributed by atoms with E-state index in [9.17, 15) is 14.0 Å². The number of piperidine rings is 1. The van der Waals surface area contributed by atoms with Crippen LogP contribution in [0, 0.1) is 11.7 Å². The number of nitrogens with one attached hydrogen (secondary N) is 1. The molecule has 0 saturated carbocycles. The third-order valence-electron chi connectivity index (χ3n) is 5.04. The van der Waals surface area contributed by atoms with Crippen molar-refractivity contribution in [3.63, 3.8) is 0 Å². The highest BCUT2D eigenvalue weighted by Crippen LogP contribution is 2.21. The third-order valence-corrected chi connectivity index (χ3v) is 5.04. The zero-order valence-corrected chi connectivity index (χ0v) is 15.2. The van der Waals surface area contributed by atoms with Gasteiger partial charge in [-0.15, -0.1) is 0 Å². The fourth-order valence-corrected chi connectivity index (χ4v) is 3.58. The Morgan fingerprint density at radius 2 is 2.07 bits per heavy atom. The first kappa shape index (κ1) is 19.6. The van der Waals surface area contributed by atoms with Gasteiger partial charge in [-0.1, -0.05) is 6.07 Å². The molecule has 0 aliphatic carbocycles. The molecule has 0 radical (unpaired) electrons. The molecule has 0 spiro atoms. The normalized spacial score (nSPS) is 24.3. The van der Waals surface area contributed by atoms with E-state index in [2.05, 4.69) is 5.32 Å². The van der Waals surface area contributed by atoms with Crippen molar-refractivity contribution in [2.24, 2.45) is 11.7 Å². The van der Waals surface area contributed by atoms with E-state index in [0.717, 1.165) is 0 Å². The van der Waals surface area contributed by atoms with Crippen LogP contribution in [0.4, 0.5) is 4.39 Å². The lowest BCUT2D eigenvalue weighted by molar-refractivity contribution is -0.129. The van der Waals surface area contributed by atoms with E-state index in [4.69, 9.17) is 15.2 Å². The van der Waals surface area contributed by atoms with Gasteiger partial charge in [-0.25, -0.2) is 4.39 Å². The minimum absolute atomic E-state index is 0.0305. The molecule has 8 heteroatoms. The molecule has 1 aromatic rings. The van der Waals surface area contributed by atoms with Crippen LogP contribution < -0.4 is 15.8 Å². The highest BCUT2D eigenvalue weighted by Gasteiger charge is 2.32. The number of primary amides is 1. The van der Waals surface area contributed by atoms with Crippen LogP contribution in [0.25, 0.3) is 0 Å². The minimum atomic E-state index is -0.358. The van der Waals surface area contributed by atoms with E-state index in [1.54, 1.807) is 12.1 Å². The summed E-state index contributed by atoms with van der Waals surface area (Å²) in [7, 11) is 0. The zero-order chi connectivity index (χ0) is 19.2. The summed E-state index contributed by atoms with van der Waals surface area (Å²) in [4.78, 5) is 25.6. The third kappa shape index (κ3) is 5.64. The Balaban J connectivity index is 1.53. The number of amides is 2. The smallest absolute Gasteiger partial charge is 0.231 e. The van der Waals surface area contributed by atoms with Gasteiger partial charge in [0.05, 0.1) is 25.8 Å². The number of carbonyl (C=O) groups is 2. The summed E-state index contributed by atoms with van der Waals surface area (Å²) in [5.41, 5.74) is 5.22. The van der Waals surface area contributed by atoms with Crippen molar-refractivity contribution in [3.8, 4) is 5.75 Å². The number of benzene rings is 1. The number of hydrogen-bond acceptors (Lipinski definition) is 5. The lowest BCUT2D eigenvalue weighted by Gasteiger charge is -2.35. The maximum absolute atomic E-state index is 13.4. The van der Waals surface area contributed by atoms with Crippen LogP contribution in [-0.2, 0) is 14.3 Å². The van der Waals surface area contributed by atoms with E-state index in [-0.39, 0.29) is 42.2 Å². The molecule has 2 aliphatic rings. The van der Waals surface area contributed by atoms with Crippen LogP contribution in [-0.4, -0.2) is 61.7 Å². The van der Waals surface area contributed by atoms with Crippen molar-refractivity contribution in [1.82, 2.24) is 10.2 Å². The Bertz CT molecular complexity index is 664. The summed E-state index contributed by atoms with van der Waals surface area (Å²) in [5.74, 6) is -0.402. The van der Waals surface area contributed by atoms with Crippen molar-refractivity contribution >= 4 is 11.8 Å². The molecule has 2 aliphatic heterocycles. The molecule has 0 bridgehead atoms. The Morgan fingerprint density at radius 1 is 1.30 bits per heavy atom. The average Bonchev–Trinajstić information content (AvgIpc) is 2.63. The van der Waals surface area contributed by atoms with Gasteiger partial charge >= 0.3 is 0 Å². The largest absolute Gasteiger partial charge is 0.488 e. The predicted octanol–water partition coefficient (Wildman–Crippen LogP) is 0.676. The molecule has 2 fully saturated rings.